The van der Waals surface area contributed by atoms with Crippen molar-refractivity contribution < 1.29 is 9.66 Å². The molecule has 0 spiro atoms. The number of aromatic nitrogens is 1. The summed E-state index contributed by atoms with van der Waals surface area (Å²) in [5, 5.41) is 10.8. The molecule has 96 valence electrons. The minimum atomic E-state index is -0.467. The van der Waals surface area contributed by atoms with Crippen molar-refractivity contribution in [1.29, 1.82) is 0 Å². The Morgan fingerprint density at radius 2 is 2.11 bits per heavy atom. The highest BCUT2D eigenvalue weighted by Gasteiger charge is 2.13. The predicted octanol–water partition coefficient (Wildman–Crippen LogP) is 3.17. The third-order valence-electron chi connectivity index (χ3n) is 2.53. The van der Waals surface area contributed by atoms with E-state index in [9.17, 15) is 10.1 Å². The zero-order valence-electron chi connectivity index (χ0n) is 10.3. The Kier molecular flexibility index (Phi) is 3.87. The summed E-state index contributed by atoms with van der Waals surface area (Å²) in [5.74, 6) is 0.244. The molecule has 0 radical (unpaired) electrons. The second-order valence-electron chi connectivity index (χ2n) is 3.78. The van der Waals surface area contributed by atoms with Crippen molar-refractivity contribution >= 4 is 17.8 Å². The fourth-order valence-electron chi connectivity index (χ4n) is 1.60. The van der Waals surface area contributed by atoms with E-state index in [4.69, 9.17) is 4.74 Å². The summed E-state index contributed by atoms with van der Waals surface area (Å²) < 4.78 is 5.01. The third kappa shape index (κ3) is 3.16. The van der Waals surface area contributed by atoms with Gasteiger partial charge in [0.05, 0.1) is 17.7 Å². The van der Waals surface area contributed by atoms with Crippen LogP contribution in [-0.2, 0) is 0 Å². The van der Waals surface area contributed by atoms with E-state index >= 15 is 0 Å². The minimum Gasteiger partial charge on any atom is -0.490 e. The van der Waals surface area contributed by atoms with E-state index in [1.807, 2.05) is 30.4 Å². The van der Waals surface area contributed by atoms with Gasteiger partial charge in [-0.25, -0.2) is 0 Å². The van der Waals surface area contributed by atoms with Gasteiger partial charge >= 0.3 is 5.69 Å². The van der Waals surface area contributed by atoms with Crippen molar-refractivity contribution in [2.24, 2.45) is 0 Å². The van der Waals surface area contributed by atoms with E-state index in [2.05, 4.69) is 4.98 Å². The lowest BCUT2D eigenvalue weighted by Gasteiger charge is -2.02. The maximum atomic E-state index is 10.8. The molecule has 1 aromatic heterocycles. The van der Waals surface area contributed by atoms with Crippen LogP contribution in [0.2, 0.25) is 0 Å². The van der Waals surface area contributed by atoms with E-state index in [1.165, 1.54) is 13.2 Å². The maximum absolute atomic E-state index is 10.8. The molecule has 0 atom stereocenters. The molecule has 0 saturated carbocycles. The summed E-state index contributed by atoms with van der Waals surface area (Å²) in [6.45, 7) is 0. The van der Waals surface area contributed by atoms with Gasteiger partial charge in [0, 0.05) is 12.3 Å². The fraction of sp³-hybridized carbons (Fsp3) is 0.0714. The van der Waals surface area contributed by atoms with Crippen molar-refractivity contribution in [1.82, 2.24) is 4.98 Å². The first kappa shape index (κ1) is 12.8. The molecule has 5 heteroatoms. The van der Waals surface area contributed by atoms with Gasteiger partial charge in [-0.1, -0.05) is 12.1 Å². The first-order valence-corrected chi connectivity index (χ1v) is 5.62. The number of hydrogen-bond donors (Lipinski definition) is 0. The zero-order chi connectivity index (χ0) is 13.7. The van der Waals surface area contributed by atoms with Crippen LogP contribution in [0, 0.1) is 10.1 Å². The van der Waals surface area contributed by atoms with Gasteiger partial charge in [0.1, 0.15) is 0 Å². The molecule has 0 aliphatic rings. The smallest absolute Gasteiger partial charge is 0.310 e. The average molecular weight is 256 g/mol. The number of ether oxygens (including phenoxy) is 1. The number of pyridine rings is 1. The molecule has 0 fully saturated rings. The lowest BCUT2D eigenvalue weighted by Crippen LogP contribution is -1.93. The van der Waals surface area contributed by atoms with Crippen LogP contribution in [0.15, 0.2) is 42.6 Å². The van der Waals surface area contributed by atoms with Crippen LogP contribution in [0.4, 0.5) is 5.69 Å². The van der Waals surface area contributed by atoms with Gasteiger partial charge in [0.25, 0.3) is 0 Å². The Hall–Kier alpha value is -2.69. The molecule has 0 saturated heterocycles. The molecule has 0 amide bonds. The maximum Gasteiger partial charge on any atom is 0.310 e. The highest BCUT2D eigenvalue weighted by Crippen LogP contribution is 2.28. The first-order valence-electron chi connectivity index (χ1n) is 5.62. The van der Waals surface area contributed by atoms with Crippen LogP contribution in [0.5, 0.6) is 5.75 Å². The van der Waals surface area contributed by atoms with E-state index in [0.29, 0.717) is 0 Å². The van der Waals surface area contributed by atoms with Crippen LogP contribution in [0.1, 0.15) is 11.3 Å². The molecule has 5 nitrogen and oxygen atoms in total. The summed E-state index contributed by atoms with van der Waals surface area (Å²) in [4.78, 5) is 14.5. The second-order valence-corrected chi connectivity index (χ2v) is 3.78. The Morgan fingerprint density at radius 3 is 2.74 bits per heavy atom. The Morgan fingerprint density at radius 1 is 1.26 bits per heavy atom. The highest BCUT2D eigenvalue weighted by molar-refractivity contribution is 5.70. The van der Waals surface area contributed by atoms with Crippen molar-refractivity contribution in [2.45, 2.75) is 0 Å². The van der Waals surface area contributed by atoms with E-state index < -0.39 is 4.92 Å². The van der Waals surface area contributed by atoms with Gasteiger partial charge in [0.15, 0.2) is 5.75 Å². The minimum absolute atomic E-state index is 0.0440. The predicted molar refractivity (Wildman–Crippen MR) is 72.8 cm³/mol. The summed E-state index contributed by atoms with van der Waals surface area (Å²) in [5.41, 5.74) is 1.59. The van der Waals surface area contributed by atoms with E-state index in [-0.39, 0.29) is 11.4 Å². The van der Waals surface area contributed by atoms with Crippen molar-refractivity contribution in [2.75, 3.05) is 7.11 Å². The first-order chi connectivity index (χ1) is 9.20. The monoisotopic (exact) mass is 256 g/mol. The van der Waals surface area contributed by atoms with Gasteiger partial charge in [-0.15, -0.1) is 0 Å². The van der Waals surface area contributed by atoms with Crippen LogP contribution in [0.3, 0.4) is 0 Å². The summed E-state index contributed by atoms with van der Waals surface area (Å²) in [6, 6.07) is 10.3. The SMILES string of the molecule is COc1cc(C=Cc2ccccn2)ccc1[N+](=O)[O-]. The molecule has 0 aliphatic heterocycles. The van der Waals surface area contributed by atoms with Gasteiger partial charge in [-0.2, -0.15) is 0 Å². The Labute approximate surface area is 110 Å². The van der Waals surface area contributed by atoms with Crippen LogP contribution in [0.25, 0.3) is 12.2 Å². The normalized spacial score (nSPS) is 10.6. The molecular weight excluding hydrogens is 244 g/mol. The molecule has 1 aromatic carbocycles. The van der Waals surface area contributed by atoms with Gasteiger partial charge < -0.3 is 4.74 Å². The molecule has 19 heavy (non-hydrogen) atoms. The number of hydrogen-bond acceptors (Lipinski definition) is 4. The lowest BCUT2D eigenvalue weighted by molar-refractivity contribution is -0.385. The topological polar surface area (TPSA) is 65.3 Å². The standard InChI is InChI=1S/C14H12N2O3/c1-19-14-10-11(6-8-13(14)16(17)18)5-7-12-4-2-3-9-15-12/h2-10H,1H3. The van der Waals surface area contributed by atoms with Crippen molar-refractivity contribution in [3.8, 4) is 5.75 Å². The van der Waals surface area contributed by atoms with Crippen LogP contribution >= 0.6 is 0 Å². The molecule has 1 heterocycles. The average Bonchev–Trinajstić information content (AvgIpc) is 2.45. The van der Waals surface area contributed by atoms with E-state index in [0.717, 1.165) is 11.3 Å². The molecule has 2 aromatic rings. The molecule has 2 rings (SSSR count). The quantitative estimate of drug-likeness (QED) is 0.622. The second kappa shape index (κ2) is 5.77. The summed E-state index contributed by atoms with van der Waals surface area (Å²) >= 11 is 0. The van der Waals surface area contributed by atoms with Crippen molar-refractivity contribution in [3.63, 3.8) is 0 Å². The fourth-order valence-corrected chi connectivity index (χ4v) is 1.60. The molecule has 0 bridgehead atoms. The highest BCUT2D eigenvalue weighted by atomic mass is 16.6. The zero-order valence-corrected chi connectivity index (χ0v) is 10.3. The number of methoxy groups -OCH3 is 1. The van der Waals surface area contributed by atoms with E-state index in [1.54, 1.807) is 18.3 Å². The number of benzene rings is 1. The number of nitrogens with zero attached hydrogens (tertiary/aromatic N) is 2. The third-order valence-corrected chi connectivity index (χ3v) is 2.53. The number of rotatable bonds is 4. The number of nitro groups is 1. The Bertz CT molecular complexity index is 609. The van der Waals surface area contributed by atoms with Gasteiger partial charge in [0.2, 0.25) is 0 Å². The van der Waals surface area contributed by atoms with Gasteiger partial charge in [-0.05, 0) is 35.9 Å². The molecular formula is C14H12N2O3. The van der Waals surface area contributed by atoms with Gasteiger partial charge in [-0.3, -0.25) is 15.1 Å². The molecule has 0 unspecified atom stereocenters. The van der Waals surface area contributed by atoms with Crippen molar-refractivity contribution in [3.05, 3.63) is 64.0 Å². The lowest BCUT2D eigenvalue weighted by atomic mass is 10.1. The molecule has 0 N–H and O–H groups in total. The summed E-state index contributed by atoms with van der Waals surface area (Å²) in [7, 11) is 1.41. The summed E-state index contributed by atoms with van der Waals surface area (Å²) in [6.07, 6.45) is 5.37. The largest absolute Gasteiger partial charge is 0.490 e. The molecule has 0 aliphatic carbocycles. The number of nitro benzene ring substituents is 1. The van der Waals surface area contributed by atoms with Crippen LogP contribution in [-0.4, -0.2) is 17.0 Å². The Balaban J connectivity index is 2.27. The van der Waals surface area contributed by atoms with Crippen LogP contribution < -0.4 is 4.74 Å².